The van der Waals surface area contributed by atoms with E-state index in [1.54, 1.807) is 29.5 Å². The second-order valence-electron chi connectivity index (χ2n) is 4.50. The van der Waals surface area contributed by atoms with Gasteiger partial charge in [-0.25, -0.2) is 0 Å². The SMILES string of the molecule is COc1cc(C=O)ccc1OCC(=O)NCCc1cccs1. The predicted molar refractivity (Wildman–Crippen MR) is 84.9 cm³/mol. The van der Waals surface area contributed by atoms with Crippen LogP contribution in [0, 0.1) is 0 Å². The van der Waals surface area contributed by atoms with Crippen molar-refractivity contribution in [3.8, 4) is 11.5 Å². The molecule has 0 spiro atoms. The molecule has 0 atom stereocenters. The number of rotatable bonds is 8. The van der Waals surface area contributed by atoms with Gasteiger partial charge in [-0.1, -0.05) is 6.07 Å². The van der Waals surface area contributed by atoms with Crippen LogP contribution >= 0.6 is 11.3 Å². The van der Waals surface area contributed by atoms with Gasteiger partial charge in [0.1, 0.15) is 6.29 Å². The second kappa shape index (κ2) is 8.19. The maximum atomic E-state index is 11.7. The summed E-state index contributed by atoms with van der Waals surface area (Å²) in [5.74, 6) is 0.663. The molecule has 2 aromatic rings. The van der Waals surface area contributed by atoms with Crippen LogP contribution in [-0.2, 0) is 11.2 Å². The Bertz CT molecular complexity index is 625. The summed E-state index contributed by atoms with van der Waals surface area (Å²) in [6.45, 7) is 0.477. The number of benzene rings is 1. The lowest BCUT2D eigenvalue weighted by molar-refractivity contribution is -0.123. The van der Waals surface area contributed by atoms with E-state index in [1.807, 2.05) is 17.5 Å². The number of thiophene rings is 1. The first-order valence-electron chi connectivity index (χ1n) is 6.78. The summed E-state index contributed by atoms with van der Waals surface area (Å²) in [5.41, 5.74) is 0.490. The van der Waals surface area contributed by atoms with Gasteiger partial charge in [0.2, 0.25) is 0 Å². The molecule has 0 radical (unpaired) electrons. The molecule has 1 aromatic heterocycles. The van der Waals surface area contributed by atoms with Gasteiger partial charge in [0.05, 0.1) is 7.11 Å². The number of carbonyl (C=O) groups is 2. The molecular formula is C16H17NO4S. The molecule has 0 saturated carbocycles. The number of hydrogen-bond acceptors (Lipinski definition) is 5. The van der Waals surface area contributed by atoms with E-state index in [1.165, 1.54) is 12.0 Å². The van der Waals surface area contributed by atoms with Crippen LogP contribution in [0.1, 0.15) is 15.2 Å². The quantitative estimate of drug-likeness (QED) is 0.758. The largest absolute Gasteiger partial charge is 0.493 e. The zero-order valence-electron chi connectivity index (χ0n) is 12.2. The summed E-state index contributed by atoms with van der Waals surface area (Å²) in [6.07, 6.45) is 1.53. The number of nitrogens with one attached hydrogen (secondary N) is 1. The van der Waals surface area contributed by atoms with E-state index in [0.29, 0.717) is 23.6 Å². The number of hydrogen-bond donors (Lipinski definition) is 1. The number of aldehydes is 1. The van der Waals surface area contributed by atoms with Crippen LogP contribution in [0.5, 0.6) is 11.5 Å². The van der Waals surface area contributed by atoms with Crippen LogP contribution in [0.15, 0.2) is 35.7 Å². The maximum Gasteiger partial charge on any atom is 0.257 e. The number of methoxy groups -OCH3 is 1. The molecule has 0 bridgehead atoms. The lowest BCUT2D eigenvalue weighted by Crippen LogP contribution is -2.30. The number of ether oxygens (including phenoxy) is 2. The highest BCUT2D eigenvalue weighted by molar-refractivity contribution is 7.09. The van der Waals surface area contributed by atoms with E-state index < -0.39 is 0 Å². The molecule has 5 nitrogen and oxygen atoms in total. The summed E-state index contributed by atoms with van der Waals surface area (Å²) < 4.78 is 10.6. The third-order valence-corrected chi connectivity index (χ3v) is 3.89. The van der Waals surface area contributed by atoms with E-state index in [-0.39, 0.29) is 12.5 Å². The fourth-order valence-corrected chi connectivity index (χ4v) is 2.56. The van der Waals surface area contributed by atoms with Gasteiger partial charge in [-0.05, 0) is 36.1 Å². The molecule has 1 amide bonds. The van der Waals surface area contributed by atoms with Crippen LogP contribution in [0.2, 0.25) is 0 Å². The molecular weight excluding hydrogens is 302 g/mol. The Hall–Kier alpha value is -2.34. The Balaban J connectivity index is 1.79. The monoisotopic (exact) mass is 319 g/mol. The molecule has 22 heavy (non-hydrogen) atoms. The van der Waals surface area contributed by atoms with Crippen LogP contribution in [-0.4, -0.2) is 32.5 Å². The fraction of sp³-hybridized carbons (Fsp3) is 0.250. The molecule has 6 heteroatoms. The molecule has 1 N–H and O–H groups in total. The third kappa shape index (κ3) is 4.60. The van der Waals surface area contributed by atoms with Gasteiger partial charge in [-0.15, -0.1) is 11.3 Å². The molecule has 0 aliphatic heterocycles. The third-order valence-electron chi connectivity index (χ3n) is 2.96. The lowest BCUT2D eigenvalue weighted by atomic mass is 10.2. The molecule has 0 aliphatic rings. The Morgan fingerprint density at radius 3 is 2.86 bits per heavy atom. The smallest absolute Gasteiger partial charge is 0.257 e. The van der Waals surface area contributed by atoms with Crippen molar-refractivity contribution in [3.05, 3.63) is 46.2 Å². The predicted octanol–water partition coefficient (Wildman–Crippen LogP) is 2.31. The van der Waals surface area contributed by atoms with Gasteiger partial charge >= 0.3 is 0 Å². The summed E-state index contributed by atoms with van der Waals surface area (Å²) in [7, 11) is 1.48. The van der Waals surface area contributed by atoms with Gasteiger partial charge < -0.3 is 14.8 Å². The Morgan fingerprint density at radius 1 is 1.32 bits per heavy atom. The zero-order chi connectivity index (χ0) is 15.8. The van der Waals surface area contributed by atoms with Crippen molar-refractivity contribution in [2.45, 2.75) is 6.42 Å². The number of carbonyl (C=O) groups excluding carboxylic acids is 2. The molecule has 0 fully saturated rings. The van der Waals surface area contributed by atoms with Crippen LogP contribution in [0.3, 0.4) is 0 Å². The topological polar surface area (TPSA) is 64.6 Å². The van der Waals surface area contributed by atoms with Crippen LogP contribution in [0.4, 0.5) is 0 Å². The standard InChI is InChI=1S/C16H17NO4S/c1-20-15-9-12(10-18)4-5-14(15)21-11-16(19)17-7-6-13-3-2-8-22-13/h2-5,8-10H,6-7,11H2,1H3,(H,17,19). The molecule has 2 rings (SSSR count). The van der Waals surface area contributed by atoms with Crippen LogP contribution < -0.4 is 14.8 Å². The van der Waals surface area contributed by atoms with Crippen molar-refractivity contribution in [1.29, 1.82) is 0 Å². The average molecular weight is 319 g/mol. The minimum atomic E-state index is -0.196. The van der Waals surface area contributed by atoms with Crippen molar-refractivity contribution < 1.29 is 19.1 Å². The average Bonchev–Trinajstić information content (AvgIpc) is 3.06. The van der Waals surface area contributed by atoms with E-state index in [9.17, 15) is 9.59 Å². The van der Waals surface area contributed by atoms with Gasteiger partial charge in [-0.2, -0.15) is 0 Å². The van der Waals surface area contributed by atoms with E-state index in [2.05, 4.69) is 5.32 Å². The lowest BCUT2D eigenvalue weighted by Gasteiger charge is -2.11. The first-order chi connectivity index (χ1) is 10.7. The Kier molecular flexibility index (Phi) is 5.97. The van der Waals surface area contributed by atoms with E-state index in [4.69, 9.17) is 9.47 Å². The summed E-state index contributed by atoms with van der Waals surface area (Å²) in [5, 5.41) is 4.81. The minimum absolute atomic E-state index is 0.0960. The van der Waals surface area contributed by atoms with Crippen molar-refractivity contribution in [2.24, 2.45) is 0 Å². The van der Waals surface area contributed by atoms with Gasteiger partial charge in [0.15, 0.2) is 18.1 Å². The van der Waals surface area contributed by atoms with Crippen molar-refractivity contribution in [3.63, 3.8) is 0 Å². The molecule has 1 aromatic carbocycles. The summed E-state index contributed by atoms with van der Waals surface area (Å²) >= 11 is 1.67. The summed E-state index contributed by atoms with van der Waals surface area (Å²) in [6, 6.07) is 8.81. The van der Waals surface area contributed by atoms with Crippen molar-refractivity contribution in [2.75, 3.05) is 20.3 Å². The Morgan fingerprint density at radius 2 is 2.18 bits per heavy atom. The highest BCUT2D eigenvalue weighted by atomic mass is 32.1. The van der Waals surface area contributed by atoms with Gasteiger partial charge in [0, 0.05) is 17.0 Å². The second-order valence-corrected chi connectivity index (χ2v) is 5.53. The van der Waals surface area contributed by atoms with Gasteiger partial charge in [0.25, 0.3) is 5.91 Å². The van der Waals surface area contributed by atoms with Crippen molar-refractivity contribution >= 4 is 23.5 Å². The highest BCUT2D eigenvalue weighted by Gasteiger charge is 2.08. The zero-order valence-corrected chi connectivity index (χ0v) is 13.0. The minimum Gasteiger partial charge on any atom is -0.493 e. The van der Waals surface area contributed by atoms with Crippen molar-refractivity contribution in [1.82, 2.24) is 5.32 Å². The molecule has 0 saturated heterocycles. The van der Waals surface area contributed by atoms with E-state index in [0.717, 1.165) is 12.7 Å². The molecule has 0 aliphatic carbocycles. The van der Waals surface area contributed by atoms with Gasteiger partial charge in [-0.3, -0.25) is 9.59 Å². The number of amides is 1. The van der Waals surface area contributed by atoms with Crippen LogP contribution in [0.25, 0.3) is 0 Å². The Labute approximate surface area is 132 Å². The maximum absolute atomic E-state index is 11.7. The highest BCUT2D eigenvalue weighted by Crippen LogP contribution is 2.27. The fourth-order valence-electron chi connectivity index (χ4n) is 1.85. The molecule has 1 heterocycles. The first-order valence-corrected chi connectivity index (χ1v) is 7.66. The molecule has 0 unspecified atom stereocenters. The summed E-state index contributed by atoms with van der Waals surface area (Å²) in [4.78, 5) is 23.7. The van der Waals surface area contributed by atoms with E-state index >= 15 is 0 Å². The first kappa shape index (κ1) is 16.0. The molecule has 116 valence electrons. The normalized spacial score (nSPS) is 10.0.